The third-order valence-electron chi connectivity index (χ3n) is 3.11. The quantitative estimate of drug-likeness (QED) is 0.547. The molecule has 116 valence electrons. The van der Waals surface area contributed by atoms with Crippen LogP contribution in [0.25, 0.3) is 0 Å². The molecular weight excluding hydrogens is 302 g/mol. The molecule has 0 aliphatic carbocycles. The number of aromatic nitrogens is 3. The third-order valence-corrected chi connectivity index (χ3v) is 3.11. The maximum absolute atomic E-state index is 10.6. The Balaban J connectivity index is 1.62. The Morgan fingerprint density at radius 1 is 0.917 bits per heavy atom. The molecule has 2 heterocycles. The number of carbonyl (C=O) groups excluding carboxylic acids is 1. The van der Waals surface area contributed by atoms with Gasteiger partial charge in [-0.2, -0.15) is 0 Å². The van der Waals surface area contributed by atoms with Crippen LogP contribution in [0.5, 0.6) is 5.88 Å². The van der Waals surface area contributed by atoms with E-state index in [1.165, 1.54) is 6.20 Å². The maximum atomic E-state index is 10.6. The predicted octanol–water partition coefficient (Wildman–Crippen LogP) is 2.66. The van der Waals surface area contributed by atoms with Crippen LogP contribution >= 0.6 is 0 Å². The summed E-state index contributed by atoms with van der Waals surface area (Å²) >= 11 is 0. The fourth-order valence-corrected chi connectivity index (χ4v) is 1.87. The first-order valence-electron chi connectivity index (χ1n) is 7.27. The molecule has 3 aromatic rings. The van der Waals surface area contributed by atoms with Gasteiger partial charge in [-0.15, -0.1) is 10.2 Å². The van der Waals surface area contributed by atoms with Gasteiger partial charge < -0.3 is 4.74 Å². The highest BCUT2D eigenvalue weighted by molar-refractivity contribution is 5.74. The highest BCUT2D eigenvalue weighted by Crippen LogP contribution is 2.08. The van der Waals surface area contributed by atoms with Gasteiger partial charge in [0.25, 0.3) is 0 Å². The first-order valence-corrected chi connectivity index (χ1v) is 7.27. The molecule has 0 atom stereocenters. The summed E-state index contributed by atoms with van der Waals surface area (Å²) in [5.41, 5.74) is 2.66. The van der Waals surface area contributed by atoms with Crippen molar-refractivity contribution >= 4 is 6.29 Å². The Labute approximate surface area is 139 Å². The molecule has 5 heteroatoms. The molecule has 0 saturated carbocycles. The Hall–Kier alpha value is -3.52. The summed E-state index contributed by atoms with van der Waals surface area (Å²) in [6.07, 6.45) is 2.22. The lowest BCUT2D eigenvalue weighted by Crippen LogP contribution is -1.98. The van der Waals surface area contributed by atoms with Crippen LogP contribution in [0.3, 0.4) is 0 Å². The molecule has 0 aliphatic rings. The molecule has 5 nitrogen and oxygen atoms in total. The van der Waals surface area contributed by atoms with Crippen LogP contribution in [-0.4, -0.2) is 21.5 Å². The Kier molecular flexibility index (Phi) is 4.91. The lowest BCUT2D eigenvalue weighted by atomic mass is 10.2. The van der Waals surface area contributed by atoms with Crippen molar-refractivity contribution in [3.8, 4) is 17.7 Å². The minimum Gasteiger partial charge on any atom is -0.472 e. The molecule has 0 amide bonds. The van der Waals surface area contributed by atoms with Gasteiger partial charge in [0.05, 0.1) is 0 Å². The zero-order chi connectivity index (χ0) is 16.6. The summed E-state index contributed by atoms with van der Waals surface area (Å²) < 4.78 is 5.57. The van der Waals surface area contributed by atoms with E-state index in [4.69, 9.17) is 4.74 Å². The Morgan fingerprint density at radius 3 is 2.38 bits per heavy atom. The Bertz CT molecular complexity index is 864. The number of benzene rings is 1. The maximum Gasteiger partial charge on any atom is 0.233 e. The van der Waals surface area contributed by atoms with Crippen molar-refractivity contribution in [2.75, 3.05) is 0 Å². The summed E-state index contributed by atoms with van der Waals surface area (Å²) in [5, 5.41) is 8.00. The van der Waals surface area contributed by atoms with E-state index >= 15 is 0 Å². The van der Waals surface area contributed by atoms with Crippen molar-refractivity contribution in [1.29, 1.82) is 0 Å². The standard InChI is InChI=1S/C19H13N3O2/c23-13-16-6-7-17(20-12-16)8-9-18-10-11-19(22-21-18)24-14-15-4-2-1-3-5-15/h1-7,10-13H,14H2. The van der Waals surface area contributed by atoms with E-state index in [-0.39, 0.29) is 0 Å². The van der Waals surface area contributed by atoms with Gasteiger partial charge in [-0.3, -0.25) is 4.79 Å². The van der Waals surface area contributed by atoms with Crippen molar-refractivity contribution in [3.63, 3.8) is 0 Å². The Morgan fingerprint density at radius 2 is 1.71 bits per heavy atom. The minimum absolute atomic E-state index is 0.438. The van der Waals surface area contributed by atoms with Gasteiger partial charge in [0.2, 0.25) is 5.88 Å². The van der Waals surface area contributed by atoms with E-state index < -0.39 is 0 Å². The number of carbonyl (C=O) groups is 1. The summed E-state index contributed by atoms with van der Waals surface area (Å²) in [6, 6.07) is 16.6. The third kappa shape index (κ3) is 4.24. The molecule has 2 aromatic heterocycles. The van der Waals surface area contributed by atoms with Gasteiger partial charge >= 0.3 is 0 Å². The zero-order valence-electron chi connectivity index (χ0n) is 12.7. The van der Waals surface area contributed by atoms with Crippen molar-refractivity contribution < 1.29 is 9.53 Å². The number of hydrogen-bond donors (Lipinski definition) is 0. The van der Waals surface area contributed by atoms with E-state index in [0.29, 0.717) is 29.4 Å². The predicted molar refractivity (Wildman–Crippen MR) is 88.4 cm³/mol. The average molecular weight is 315 g/mol. The first kappa shape index (κ1) is 15.4. The molecule has 0 bridgehead atoms. The number of pyridine rings is 1. The molecule has 0 radical (unpaired) electrons. The molecule has 0 saturated heterocycles. The molecule has 0 aliphatic heterocycles. The van der Waals surface area contributed by atoms with Crippen LogP contribution in [0, 0.1) is 11.8 Å². The molecule has 0 unspecified atom stereocenters. The van der Waals surface area contributed by atoms with Crippen LogP contribution < -0.4 is 4.74 Å². The van der Waals surface area contributed by atoms with Gasteiger partial charge in [0.1, 0.15) is 18.0 Å². The SMILES string of the molecule is O=Cc1ccc(C#Cc2ccc(OCc3ccccc3)nn2)nc1. The molecule has 0 N–H and O–H groups in total. The van der Waals surface area contributed by atoms with E-state index in [1.54, 1.807) is 24.3 Å². The van der Waals surface area contributed by atoms with Crippen LogP contribution in [-0.2, 0) is 6.61 Å². The lowest BCUT2D eigenvalue weighted by Gasteiger charge is -2.03. The first-order chi connectivity index (χ1) is 11.8. The molecule has 1 aromatic carbocycles. The molecular formula is C19H13N3O2. The van der Waals surface area contributed by atoms with E-state index in [1.807, 2.05) is 30.3 Å². The topological polar surface area (TPSA) is 65.0 Å². The van der Waals surface area contributed by atoms with Crippen LogP contribution in [0.4, 0.5) is 0 Å². The number of ether oxygens (including phenoxy) is 1. The van der Waals surface area contributed by atoms with Crippen molar-refractivity contribution in [1.82, 2.24) is 15.2 Å². The second-order valence-electron chi connectivity index (χ2n) is 4.88. The number of aldehydes is 1. The smallest absolute Gasteiger partial charge is 0.233 e. The minimum atomic E-state index is 0.438. The van der Waals surface area contributed by atoms with Gasteiger partial charge in [-0.1, -0.05) is 30.3 Å². The molecule has 24 heavy (non-hydrogen) atoms. The fourth-order valence-electron chi connectivity index (χ4n) is 1.87. The summed E-state index contributed by atoms with van der Waals surface area (Å²) in [5.74, 6) is 6.18. The van der Waals surface area contributed by atoms with Crippen molar-refractivity contribution in [3.05, 3.63) is 83.3 Å². The monoisotopic (exact) mass is 315 g/mol. The molecule has 0 fully saturated rings. The average Bonchev–Trinajstić information content (AvgIpc) is 2.67. The van der Waals surface area contributed by atoms with Crippen LogP contribution in [0.1, 0.15) is 27.3 Å². The van der Waals surface area contributed by atoms with E-state index in [9.17, 15) is 4.79 Å². The van der Waals surface area contributed by atoms with Gasteiger partial charge in [0.15, 0.2) is 6.29 Å². The molecule has 0 spiro atoms. The number of nitrogens with zero attached hydrogens (tertiary/aromatic N) is 3. The largest absolute Gasteiger partial charge is 0.472 e. The van der Waals surface area contributed by atoms with E-state index in [2.05, 4.69) is 27.0 Å². The second-order valence-corrected chi connectivity index (χ2v) is 4.88. The number of hydrogen-bond acceptors (Lipinski definition) is 5. The second kappa shape index (κ2) is 7.65. The van der Waals surface area contributed by atoms with Gasteiger partial charge in [-0.05, 0) is 35.6 Å². The van der Waals surface area contributed by atoms with E-state index in [0.717, 1.165) is 11.8 Å². The fraction of sp³-hybridized carbons (Fsp3) is 0.0526. The van der Waals surface area contributed by atoms with Gasteiger partial charge in [0, 0.05) is 17.8 Å². The van der Waals surface area contributed by atoms with Crippen molar-refractivity contribution in [2.24, 2.45) is 0 Å². The highest BCUT2D eigenvalue weighted by atomic mass is 16.5. The van der Waals surface area contributed by atoms with Crippen LogP contribution in [0.15, 0.2) is 60.8 Å². The van der Waals surface area contributed by atoms with Crippen LogP contribution in [0.2, 0.25) is 0 Å². The summed E-state index contributed by atoms with van der Waals surface area (Å²) in [6.45, 7) is 0.438. The molecule has 3 rings (SSSR count). The van der Waals surface area contributed by atoms with Crippen molar-refractivity contribution in [2.45, 2.75) is 6.61 Å². The normalized spacial score (nSPS) is 9.67. The zero-order valence-corrected chi connectivity index (χ0v) is 12.7. The summed E-state index contributed by atoms with van der Waals surface area (Å²) in [7, 11) is 0. The van der Waals surface area contributed by atoms with Gasteiger partial charge in [-0.25, -0.2) is 4.98 Å². The summed E-state index contributed by atoms with van der Waals surface area (Å²) in [4.78, 5) is 14.6. The highest BCUT2D eigenvalue weighted by Gasteiger charge is 1.98. The lowest BCUT2D eigenvalue weighted by molar-refractivity contribution is 0.112. The number of rotatable bonds is 4.